The highest BCUT2D eigenvalue weighted by atomic mass is 14.9. The van der Waals surface area contributed by atoms with Crippen LogP contribution in [0.4, 0.5) is 0 Å². The molecular weight excluding hydrogens is 713 g/mol. The molecule has 0 saturated heterocycles. The van der Waals surface area contributed by atoms with Gasteiger partial charge in [-0.1, -0.05) is 202 Å². The molecule has 9 aromatic carbocycles. The van der Waals surface area contributed by atoms with Crippen LogP contribution >= 0.6 is 0 Å². The summed E-state index contributed by atoms with van der Waals surface area (Å²) in [6.45, 7) is 4.73. The predicted molar refractivity (Wildman–Crippen MR) is 247 cm³/mol. The summed E-state index contributed by atoms with van der Waals surface area (Å²) < 4.78 is 0. The Bertz CT molecular complexity index is 3220. The van der Waals surface area contributed by atoms with Gasteiger partial charge in [0.1, 0.15) is 0 Å². The Morgan fingerprint density at radius 3 is 1.64 bits per heavy atom. The second kappa shape index (κ2) is 13.9. The van der Waals surface area contributed by atoms with Gasteiger partial charge in [0.2, 0.25) is 0 Å². The van der Waals surface area contributed by atoms with E-state index in [0.29, 0.717) is 5.82 Å². The SMILES string of the molecule is CC1(C)c2cccc(-c3ccc(-c4nc(-c5ccccc5)cc(-c5cc(-c6ccccc6)ccc5-c5ccccc5)n4)c4ccccc34)c2-c2c1ccc1ccccc21. The third-order valence-corrected chi connectivity index (χ3v) is 12.3. The van der Waals surface area contributed by atoms with Crippen molar-refractivity contribution in [2.45, 2.75) is 19.3 Å². The Hall–Kier alpha value is -7.42. The Morgan fingerprint density at radius 2 is 0.898 bits per heavy atom. The van der Waals surface area contributed by atoms with Crippen LogP contribution in [0.5, 0.6) is 0 Å². The molecule has 1 aromatic heterocycles. The van der Waals surface area contributed by atoms with Gasteiger partial charge in [0, 0.05) is 22.1 Å². The monoisotopic (exact) mass is 752 g/mol. The summed E-state index contributed by atoms with van der Waals surface area (Å²) in [5, 5.41) is 4.86. The molecular formula is C57H40N2. The minimum Gasteiger partial charge on any atom is -0.228 e. The average Bonchev–Trinajstić information content (AvgIpc) is 3.55. The molecule has 0 unspecified atom stereocenters. The van der Waals surface area contributed by atoms with Crippen molar-refractivity contribution in [1.82, 2.24) is 9.97 Å². The largest absolute Gasteiger partial charge is 0.228 e. The van der Waals surface area contributed by atoms with E-state index in [4.69, 9.17) is 9.97 Å². The van der Waals surface area contributed by atoms with Crippen LogP contribution in [0, 0.1) is 0 Å². The van der Waals surface area contributed by atoms with Gasteiger partial charge in [-0.3, -0.25) is 0 Å². The first kappa shape index (κ1) is 34.8. The average molecular weight is 753 g/mol. The van der Waals surface area contributed by atoms with E-state index in [1.54, 1.807) is 0 Å². The Labute approximate surface area is 345 Å². The number of rotatable bonds is 6. The molecule has 278 valence electrons. The minimum atomic E-state index is -0.126. The number of aromatic nitrogens is 2. The zero-order valence-corrected chi connectivity index (χ0v) is 33.0. The van der Waals surface area contributed by atoms with Crippen LogP contribution in [0.25, 0.3) is 100.0 Å². The van der Waals surface area contributed by atoms with Crippen molar-refractivity contribution in [3.8, 4) is 78.4 Å². The summed E-state index contributed by atoms with van der Waals surface area (Å²) in [4.78, 5) is 10.9. The van der Waals surface area contributed by atoms with E-state index in [0.717, 1.165) is 50.2 Å². The summed E-state index contributed by atoms with van der Waals surface area (Å²) >= 11 is 0. The third kappa shape index (κ3) is 5.79. The fourth-order valence-corrected chi connectivity index (χ4v) is 9.40. The lowest BCUT2D eigenvalue weighted by Gasteiger charge is -2.22. The van der Waals surface area contributed by atoms with E-state index in [-0.39, 0.29) is 5.41 Å². The first-order chi connectivity index (χ1) is 29.0. The second-order valence-corrected chi connectivity index (χ2v) is 16.1. The molecule has 0 atom stereocenters. The highest BCUT2D eigenvalue weighted by Gasteiger charge is 2.38. The van der Waals surface area contributed by atoms with Crippen molar-refractivity contribution in [3.05, 3.63) is 217 Å². The number of hydrogen-bond acceptors (Lipinski definition) is 2. The van der Waals surface area contributed by atoms with Crippen LogP contribution < -0.4 is 0 Å². The maximum absolute atomic E-state index is 5.50. The molecule has 0 saturated carbocycles. The molecule has 2 heteroatoms. The molecule has 59 heavy (non-hydrogen) atoms. The Balaban J connectivity index is 1.14. The fraction of sp³-hybridized carbons (Fsp3) is 0.0526. The molecule has 10 aromatic rings. The molecule has 2 nitrogen and oxygen atoms in total. The molecule has 1 heterocycles. The summed E-state index contributed by atoms with van der Waals surface area (Å²) in [6, 6.07) is 74.2. The molecule has 1 aliphatic carbocycles. The molecule has 0 radical (unpaired) electrons. The van der Waals surface area contributed by atoms with Crippen LogP contribution in [0.1, 0.15) is 25.0 Å². The normalized spacial score (nSPS) is 12.7. The second-order valence-electron chi connectivity index (χ2n) is 16.1. The molecule has 0 amide bonds. The summed E-state index contributed by atoms with van der Waals surface area (Å²) in [7, 11) is 0. The lowest BCUT2D eigenvalue weighted by molar-refractivity contribution is 0.661. The van der Waals surface area contributed by atoms with Crippen molar-refractivity contribution < 1.29 is 0 Å². The van der Waals surface area contributed by atoms with Crippen molar-refractivity contribution in [1.29, 1.82) is 0 Å². The fourth-order valence-electron chi connectivity index (χ4n) is 9.40. The van der Waals surface area contributed by atoms with Gasteiger partial charge >= 0.3 is 0 Å². The van der Waals surface area contributed by atoms with E-state index < -0.39 is 0 Å². The van der Waals surface area contributed by atoms with Crippen LogP contribution in [0.2, 0.25) is 0 Å². The quantitative estimate of drug-likeness (QED) is 0.169. The van der Waals surface area contributed by atoms with Crippen molar-refractivity contribution in [2.24, 2.45) is 0 Å². The summed E-state index contributed by atoms with van der Waals surface area (Å²) in [5.41, 5.74) is 17.2. The van der Waals surface area contributed by atoms with Crippen LogP contribution in [0.15, 0.2) is 206 Å². The number of nitrogens with zero attached hydrogens (tertiary/aromatic N) is 2. The first-order valence-electron chi connectivity index (χ1n) is 20.4. The van der Waals surface area contributed by atoms with Gasteiger partial charge in [-0.05, 0) is 95.4 Å². The zero-order valence-electron chi connectivity index (χ0n) is 33.0. The third-order valence-electron chi connectivity index (χ3n) is 12.3. The van der Waals surface area contributed by atoms with Gasteiger partial charge in [-0.25, -0.2) is 9.97 Å². The maximum Gasteiger partial charge on any atom is 0.161 e. The lowest BCUT2D eigenvalue weighted by atomic mass is 9.81. The molecule has 0 bridgehead atoms. The molecule has 0 aliphatic heterocycles. The molecule has 0 fully saturated rings. The zero-order chi connectivity index (χ0) is 39.5. The smallest absolute Gasteiger partial charge is 0.161 e. The van der Waals surface area contributed by atoms with E-state index in [1.165, 1.54) is 55.1 Å². The molecule has 0 N–H and O–H groups in total. The van der Waals surface area contributed by atoms with E-state index in [9.17, 15) is 0 Å². The molecule has 11 rings (SSSR count). The van der Waals surface area contributed by atoms with E-state index in [1.807, 2.05) is 0 Å². The van der Waals surface area contributed by atoms with Gasteiger partial charge in [0.25, 0.3) is 0 Å². The number of hydrogen-bond donors (Lipinski definition) is 0. The molecule has 1 aliphatic rings. The van der Waals surface area contributed by atoms with Gasteiger partial charge in [0.05, 0.1) is 11.4 Å². The maximum atomic E-state index is 5.50. The van der Waals surface area contributed by atoms with Crippen LogP contribution in [-0.4, -0.2) is 9.97 Å². The minimum absolute atomic E-state index is 0.126. The number of fused-ring (bicyclic) bond motifs is 6. The number of benzene rings is 9. The van der Waals surface area contributed by atoms with E-state index in [2.05, 4.69) is 220 Å². The van der Waals surface area contributed by atoms with E-state index >= 15 is 0 Å². The highest BCUT2D eigenvalue weighted by molar-refractivity contribution is 6.11. The highest BCUT2D eigenvalue weighted by Crippen LogP contribution is 2.55. The first-order valence-corrected chi connectivity index (χ1v) is 20.4. The van der Waals surface area contributed by atoms with Gasteiger partial charge in [0.15, 0.2) is 5.82 Å². The van der Waals surface area contributed by atoms with Crippen LogP contribution in [-0.2, 0) is 5.41 Å². The molecule has 0 spiro atoms. The van der Waals surface area contributed by atoms with Crippen molar-refractivity contribution >= 4 is 21.5 Å². The van der Waals surface area contributed by atoms with Gasteiger partial charge < -0.3 is 0 Å². The lowest BCUT2D eigenvalue weighted by Crippen LogP contribution is -2.14. The summed E-state index contributed by atoms with van der Waals surface area (Å²) in [5.74, 6) is 0.698. The Kier molecular flexibility index (Phi) is 8.20. The standard InChI is InChI=1S/C57H40N2/c1-57(2)50-28-16-27-47(55(50)54-43-24-13-12-21-39(43)30-34-51(54)57)46-32-33-48(45-26-15-14-25-44(45)46)56-58-52(40-22-10-5-11-23-40)36-53(59-56)49-35-41(37-17-6-3-7-18-37)29-31-42(49)38-19-8-4-9-20-38/h3-36H,1-2H3. The van der Waals surface area contributed by atoms with Crippen molar-refractivity contribution in [2.75, 3.05) is 0 Å². The van der Waals surface area contributed by atoms with Gasteiger partial charge in [-0.2, -0.15) is 0 Å². The Morgan fingerprint density at radius 1 is 0.322 bits per heavy atom. The van der Waals surface area contributed by atoms with Gasteiger partial charge in [-0.15, -0.1) is 0 Å². The summed E-state index contributed by atoms with van der Waals surface area (Å²) in [6.07, 6.45) is 0. The van der Waals surface area contributed by atoms with Crippen LogP contribution in [0.3, 0.4) is 0 Å². The van der Waals surface area contributed by atoms with Crippen molar-refractivity contribution in [3.63, 3.8) is 0 Å². The predicted octanol–water partition coefficient (Wildman–Crippen LogP) is 15.1. The topological polar surface area (TPSA) is 25.8 Å².